The summed E-state index contributed by atoms with van der Waals surface area (Å²) >= 11 is 0. The summed E-state index contributed by atoms with van der Waals surface area (Å²) in [6, 6.07) is 6.30. The molecule has 3 rings (SSSR count). The number of hydrogen-bond acceptors (Lipinski definition) is 7. The lowest BCUT2D eigenvalue weighted by Crippen LogP contribution is -2.66. The van der Waals surface area contributed by atoms with Crippen molar-refractivity contribution >= 4 is 17.1 Å². The zero-order chi connectivity index (χ0) is 15.2. The van der Waals surface area contributed by atoms with Crippen LogP contribution in [0, 0.1) is 0 Å². The topological polar surface area (TPSA) is 144 Å². The van der Waals surface area contributed by atoms with E-state index in [9.17, 15) is 9.59 Å². The van der Waals surface area contributed by atoms with Gasteiger partial charge in [0.1, 0.15) is 11.3 Å². The Morgan fingerprint density at radius 1 is 1.29 bits per heavy atom. The van der Waals surface area contributed by atoms with E-state index < -0.39 is 23.7 Å². The Morgan fingerprint density at radius 2 is 2.00 bits per heavy atom. The summed E-state index contributed by atoms with van der Waals surface area (Å²) in [4.78, 5) is 22.3. The Hall–Kier alpha value is -2.58. The van der Waals surface area contributed by atoms with Gasteiger partial charge < -0.3 is 19.6 Å². The molecular formula is C13H13N3O5. The summed E-state index contributed by atoms with van der Waals surface area (Å²) in [7, 11) is 0. The first-order valence-corrected chi connectivity index (χ1v) is 6.15. The molecule has 0 aliphatic carbocycles. The highest BCUT2D eigenvalue weighted by atomic mass is 16.6. The van der Waals surface area contributed by atoms with Crippen LogP contribution in [0.15, 0.2) is 33.5 Å². The van der Waals surface area contributed by atoms with Crippen LogP contribution in [0.5, 0.6) is 5.75 Å². The molecule has 1 aromatic carbocycles. The molecule has 2 heterocycles. The SMILES string of the molecule is NC(=O)OC1Cc2c(ccc3ccc(=O)oc23)OC1(N)N. The van der Waals surface area contributed by atoms with Crippen molar-refractivity contribution in [3.63, 3.8) is 0 Å². The number of ether oxygens (including phenoxy) is 2. The maximum atomic E-state index is 11.4. The average Bonchev–Trinajstić information content (AvgIpc) is 2.38. The lowest BCUT2D eigenvalue weighted by molar-refractivity contribution is -0.0630. The Kier molecular flexibility index (Phi) is 2.85. The van der Waals surface area contributed by atoms with Gasteiger partial charge in [0, 0.05) is 23.4 Å². The number of fused-ring (bicyclic) bond motifs is 3. The molecule has 6 N–H and O–H groups in total. The summed E-state index contributed by atoms with van der Waals surface area (Å²) < 4.78 is 15.5. The Balaban J connectivity index is 2.15. The Morgan fingerprint density at radius 3 is 2.71 bits per heavy atom. The van der Waals surface area contributed by atoms with Crippen LogP contribution < -0.4 is 27.6 Å². The minimum absolute atomic E-state index is 0.121. The molecule has 1 aromatic heterocycles. The number of nitrogens with two attached hydrogens (primary N) is 3. The summed E-state index contributed by atoms with van der Waals surface area (Å²) in [5, 5.41) is 0.705. The van der Waals surface area contributed by atoms with Crippen molar-refractivity contribution in [3.05, 3.63) is 40.2 Å². The zero-order valence-electron chi connectivity index (χ0n) is 10.9. The van der Waals surface area contributed by atoms with Crippen molar-refractivity contribution in [2.24, 2.45) is 17.2 Å². The van der Waals surface area contributed by atoms with Gasteiger partial charge in [0.2, 0.25) is 0 Å². The van der Waals surface area contributed by atoms with Crippen molar-refractivity contribution in [2.45, 2.75) is 18.4 Å². The molecule has 1 atom stereocenters. The third-order valence-corrected chi connectivity index (χ3v) is 3.29. The normalized spacial score (nSPS) is 19.6. The highest BCUT2D eigenvalue weighted by Gasteiger charge is 2.42. The van der Waals surface area contributed by atoms with Crippen molar-refractivity contribution in [3.8, 4) is 5.75 Å². The van der Waals surface area contributed by atoms with E-state index in [-0.39, 0.29) is 6.42 Å². The lowest BCUT2D eigenvalue weighted by atomic mass is 9.98. The molecule has 0 radical (unpaired) electrons. The van der Waals surface area contributed by atoms with Crippen LogP contribution in [0.4, 0.5) is 4.79 Å². The quantitative estimate of drug-likeness (QED) is 0.486. The predicted octanol–water partition coefficient (Wildman–Crippen LogP) is -0.237. The van der Waals surface area contributed by atoms with E-state index in [1.807, 2.05) is 0 Å². The molecule has 2 aromatic rings. The number of amides is 1. The van der Waals surface area contributed by atoms with Gasteiger partial charge in [0.15, 0.2) is 6.10 Å². The molecule has 21 heavy (non-hydrogen) atoms. The maximum Gasteiger partial charge on any atom is 0.405 e. The molecule has 1 aliphatic heterocycles. The van der Waals surface area contributed by atoms with Crippen LogP contribution in [0.3, 0.4) is 0 Å². The van der Waals surface area contributed by atoms with Gasteiger partial charge in [-0.1, -0.05) is 0 Å². The number of carbonyl (C=O) groups excluding carboxylic acids is 1. The Bertz CT molecular complexity index is 783. The summed E-state index contributed by atoms with van der Waals surface area (Å²) in [5.41, 5.74) is 17.0. The molecule has 8 heteroatoms. The highest BCUT2D eigenvalue weighted by Crippen LogP contribution is 2.35. The molecule has 1 unspecified atom stereocenters. The van der Waals surface area contributed by atoms with E-state index in [1.54, 1.807) is 18.2 Å². The second-order valence-electron chi connectivity index (χ2n) is 4.80. The number of primary amides is 1. The van der Waals surface area contributed by atoms with E-state index in [0.717, 1.165) is 0 Å². The molecule has 8 nitrogen and oxygen atoms in total. The van der Waals surface area contributed by atoms with Crippen LogP contribution in [-0.2, 0) is 11.2 Å². The minimum Gasteiger partial charge on any atom is -0.456 e. The average molecular weight is 291 g/mol. The molecule has 110 valence electrons. The van der Waals surface area contributed by atoms with Crippen molar-refractivity contribution in [2.75, 3.05) is 0 Å². The summed E-state index contributed by atoms with van der Waals surface area (Å²) in [6.45, 7) is 0. The molecule has 0 saturated carbocycles. The summed E-state index contributed by atoms with van der Waals surface area (Å²) in [5.74, 6) is -1.35. The first-order valence-electron chi connectivity index (χ1n) is 6.15. The first-order chi connectivity index (χ1) is 9.87. The number of rotatable bonds is 1. The minimum atomic E-state index is -1.72. The second-order valence-corrected chi connectivity index (χ2v) is 4.80. The molecule has 1 aliphatic rings. The third kappa shape index (κ3) is 2.30. The zero-order valence-corrected chi connectivity index (χ0v) is 10.9. The number of carbonyl (C=O) groups is 1. The maximum absolute atomic E-state index is 11.4. The van der Waals surface area contributed by atoms with Gasteiger partial charge in [-0.2, -0.15) is 0 Å². The van der Waals surface area contributed by atoms with Gasteiger partial charge in [-0.05, 0) is 18.2 Å². The van der Waals surface area contributed by atoms with Crippen LogP contribution in [0.2, 0.25) is 0 Å². The first kappa shape index (κ1) is 13.4. The van der Waals surface area contributed by atoms with Gasteiger partial charge in [-0.25, -0.2) is 9.59 Å². The van der Waals surface area contributed by atoms with Crippen molar-refractivity contribution in [1.82, 2.24) is 0 Å². The number of hydrogen-bond donors (Lipinski definition) is 3. The van der Waals surface area contributed by atoms with Gasteiger partial charge >= 0.3 is 11.7 Å². The molecular weight excluding hydrogens is 278 g/mol. The van der Waals surface area contributed by atoms with E-state index in [1.165, 1.54) is 6.07 Å². The highest BCUT2D eigenvalue weighted by molar-refractivity contribution is 5.82. The van der Waals surface area contributed by atoms with Gasteiger partial charge in [-0.3, -0.25) is 11.5 Å². The lowest BCUT2D eigenvalue weighted by Gasteiger charge is -2.37. The predicted molar refractivity (Wildman–Crippen MR) is 72.4 cm³/mol. The summed E-state index contributed by atoms with van der Waals surface area (Å²) in [6.07, 6.45) is -1.90. The molecule has 1 amide bonds. The van der Waals surface area contributed by atoms with E-state index in [0.29, 0.717) is 22.3 Å². The van der Waals surface area contributed by atoms with Crippen molar-refractivity contribution in [1.29, 1.82) is 0 Å². The fourth-order valence-electron chi connectivity index (χ4n) is 2.34. The van der Waals surface area contributed by atoms with E-state index in [2.05, 4.69) is 0 Å². The number of benzene rings is 1. The van der Waals surface area contributed by atoms with E-state index >= 15 is 0 Å². The van der Waals surface area contributed by atoms with Crippen molar-refractivity contribution < 1.29 is 18.7 Å². The standard InChI is InChI=1S/C13H13N3O5/c14-12(18)19-9-5-7-8(21-13(9,15)16)3-1-6-2-4-10(17)20-11(6)7/h1-4,9H,5,15-16H2,(H2,14,18). The third-order valence-electron chi connectivity index (χ3n) is 3.29. The molecule has 0 saturated heterocycles. The van der Waals surface area contributed by atoms with E-state index in [4.69, 9.17) is 31.1 Å². The largest absolute Gasteiger partial charge is 0.456 e. The molecule has 0 bridgehead atoms. The van der Waals surface area contributed by atoms with Crippen LogP contribution in [-0.4, -0.2) is 18.0 Å². The van der Waals surface area contributed by atoms with Crippen LogP contribution >= 0.6 is 0 Å². The Labute approximate surface area is 118 Å². The molecule has 0 spiro atoms. The monoisotopic (exact) mass is 291 g/mol. The fourth-order valence-corrected chi connectivity index (χ4v) is 2.34. The molecule has 0 fully saturated rings. The second kappa shape index (κ2) is 4.47. The van der Waals surface area contributed by atoms with Gasteiger partial charge in [0.25, 0.3) is 5.85 Å². The van der Waals surface area contributed by atoms with Crippen LogP contribution in [0.25, 0.3) is 11.0 Å². The van der Waals surface area contributed by atoms with Crippen LogP contribution in [0.1, 0.15) is 5.56 Å². The smallest absolute Gasteiger partial charge is 0.405 e. The fraction of sp³-hybridized carbons (Fsp3) is 0.231. The van der Waals surface area contributed by atoms with Gasteiger partial charge in [0.05, 0.1) is 0 Å². The van der Waals surface area contributed by atoms with Gasteiger partial charge in [-0.15, -0.1) is 0 Å².